The molecule has 2 aromatic carbocycles. The minimum absolute atomic E-state index is 0.101. The fourth-order valence-electron chi connectivity index (χ4n) is 3.81. The maximum atomic E-state index is 12.9. The van der Waals surface area contributed by atoms with E-state index in [0.29, 0.717) is 34.5 Å². The molecule has 0 saturated carbocycles. The van der Waals surface area contributed by atoms with Crippen LogP contribution in [-0.2, 0) is 24.3 Å². The molecule has 0 radical (unpaired) electrons. The van der Waals surface area contributed by atoms with Crippen LogP contribution in [0.1, 0.15) is 21.7 Å². The summed E-state index contributed by atoms with van der Waals surface area (Å²) in [5.41, 5.74) is 3.77. The maximum Gasteiger partial charge on any atom is 0.228 e. The van der Waals surface area contributed by atoms with Gasteiger partial charge in [-0.25, -0.2) is 4.98 Å². The van der Waals surface area contributed by atoms with Gasteiger partial charge in [0.05, 0.1) is 41.1 Å². The zero-order valence-corrected chi connectivity index (χ0v) is 19.1. The van der Waals surface area contributed by atoms with Gasteiger partial charge in [-0.3, -0.25) is 9.59 Å². The molecule has 5 rings (SSSR count). The highest BCUT2D eigenvalue weighted by Gasteiger charge is 2.23. The Morgan fingerprint density at radius 2 is 2.12 bits per heavy atom. The first-order chi connectivity index (χ1) is 16.0. The van der Waals surface area contributed by atoms with Gasteiger partial charge in [0.2, 0.25) is 5.91 Å². The summed E-state index contributed by atoms with van der Waals surface area (Å²) in [7, 11) is 0. The number of carbonyl (C=O) groups is 2. The number of nitrogens with one attached hydrogen (secondary N) is 1. The van der Waals surface area contributed by atoms with Gasteiger partial charge >= 0.3 is 0 Å². The molecule has 4 aromatic rings. The van der Waals surface area contributed by atoms with Gasteiger partial charge in [-0.15, -0.1) is 16.8 Å². The van der Waals surface area contributed by atoms with E-state index >= 15 is 0 Å². The molecule has 8 nitrogen and oxygen atoms in total. The number of aromatic nitrogens is 5. The molecule has 2 aromatic heterocycles. The van der Waals surface area contributed by atoms with Gasteiger partial charge in [0.15, 0.2) is 16.8 Å². The van der Waals surface area contributed by atoms with Gasteiger partial charge in [0.1, 0.15) is 0 Å². The summed E-state index contributed by atoms with van der Waals surface area (Å²) in [6.07, 6.45) is 3.80. The molecule has 1 N–H and O–H groups in total. The van der Waals surface area contributed by atoms with Crippen LogP contribution in [0.15, 0.2) is 60.5 Å². The number of allylic oxidation sites excluding steroid dienone is 1. The number of Topliss-reactive ketones (excluding diaryl/α,β-unsaturated/α-hetero) is 1. The maximum absolute atomic E-state index is 12.9. The Morgan fingerprint density at radius 3 is 2.97 bits per heavy atom. The number of amides is 1. The lowest BCUT2D eigenvalue weighted by Crippen LogP contribution is -2.10. The molecule has 166 valence electrons. The molecular formula is C23H19ClN6O2S. The Bertz CT molecular complexity index is 1410. The number of hydrogen-bond donors (Lipinski definition) is 1. The number of carbonyl (C=O) groups excluding carboxylic acids is 2. The first-order valence-electron chi connectivity index (χ1n) is 10.2. The molecule has 3 heterocycles. The summed E-state index contributed by atoms with van der Waals surface area (Å²) in [6.45, 7) is 4.84. The average molecular weight is 479 g/mol. The molecule has 1 aliphatic rings. The van der Waals surface area contributed by atoms with E-state index in [9.17, 15) is 9.59 Å². The highest BCUT2D eigenvalue weighted by molar-refractivity contribution is 7.99. The summed E-state index contributed by atoms with van der Waals surface area (Å²) in [5.74, 6) is 0.648. The van der Waals surface area contributed by atoms with Gasteiger partial charge in [0.25, 0.3) is 0 Å². The summed E-state index contributed by atoms with van der Waals surface area (Å²) in [5, 5.41) is 12.3. The number of para-hydroxylation sites is 2. The number of benzene rings is 2. The number of hydrogen-bond acceptors (Lipinski definition) is 6. The van der Waals surface area contributed by atoms with Crippen molar-refractivity contribution >= 4 is 51.8 Å². The van der Waals surface area contributed by atoms with Crippen molar-refractivity contribution in [2.45, 2.75) is 24.7 Å². The van der Waals surface area contributed by atoms with Crippen LogP contribution < -0.4 is 5.32 Å². The molecular weight excluding hydrogens is 460 g/mol. The van der Waals surface area contributed by atoms with Crippen LogP contribution in [-0.4, -0.2) is 41.8 Å². The molecule has 1 aliphatic heterocycles. The minimum atomic E-state index is -0.137. The molecule has 0 bridgehead atoms. The van der Waals surface area contributed by atoms with Gasteiger partial charge in [-0.2, -0.15) is 0 Å². The Morgan fingerprint density at radius 1 is 1.27 bits per heavy atom. The topological polar surface area (TPSA) is 94.7 Å². The van der Waals surface area contributed by atoms with E-state index in [2.05, 4.69) is 27.1 Å². The molecule has 0 fully saturated rings. The second kappa shape index (κ2) is 8.84. The molecule has 0 atom stereocenters. The van der Waals surface area contributed by atoms with Gasteiger partial charge in [-0.05, 0) is 29.8 Å². The van der Waals surface area contributed by atoms with Crippen LogP contribution in [0.3, 0.4) is 0 Å². The largest absolute Gasteiger partial charge is 0.325 e. The number of halogens is 1. The Kier molecular flexibility index (Phi) is 5.74. The minimum Gasteiger partial charge on any atom is -0.325 e. The van der Waals surface area contributed by atoms with E-state index in [1.807, 2.05) is 33.4 Å². The predicted molar refractivity (Wildman–Crippen MR) is 128 cm³/mol. The van der Waals surface area contributed by atoms with Gasteiger partial charge < -0.3 is 14.5 Å². The van der Waals surface area contributed by atoms with Crippen LogP contribution in [0.5, 0.6) is 0 Å². The second-order valence-electron chi connectivity index (χ2n) is 7.59. The van der Waals surface area contributed by atoms with Crippen LogP contribution in [0.4, 0.5) is 5.69 Å². The summed E-state index contributed by atoms with van der Waals surface area (Å²) < 4.78 is 3.95. The van der Waals surface area contributed by atoms with Crippen LogP contribution in [0, 0.1) is 0 Å². The highest BCUT2D eigenvalue weighted by atomic mass is 35.5. The lowest BCUT2D eigenvalue weighted by Gasteiger charge is -2.09. The average Bonchev–Trinajstić information content (AvgIpc) is 3.49. The SMILES string of the molecule is C=CCn1c(Cn2cnc3ccccc32)nnc1SCC(=O)c1cc2c(cc1Cl)NC(=O)C2. The number of ketones is 1. The van der Waals surface area contributed by atoms with Crippen molar-refractivity contribution in [3.8, 4) is 0 Å². The molecule has 10 heteroatoms. The lowest BCUT2D eigenvalue weighted by molar-refractivity contribution is -0.115. The summed E-state index contributed by atoms with van der Waals surface area (Å²) in [6, 6.07) is 11.2. The van der Waals surface area contributed by atoms with Crippen LogP contribution in [0.2, 0.25) is 5.02 Å². The fraction of sp³-hybridized carbons (Fsp3) is 0.174. The number of fused-ring (bicyclic) bond motifs is 2. The standard InChI is InChI=1S/C23H19ClN6O2S/c1-2-7-30-21(11-29-13-25-17-5-3-4-6-19(17)29)27-28-23(30)33-12-20(31)15-8-14-9-22(32)26-18(14)10-16(15)24/h2-6,8,10,13H,1,7,9,11-12H2,(H,26,32). The Hall–Kier alpha value is -3.43. The molecule has 0 saturated heterocycles. The van der Waals surface area contributed by atoms with E-state index in [0.717, 1.165) is 22.4 Å². The van der Waals surface area contributed by atoms with Crippen molar-refractivity contribution in [1.29, 1.82) is 0 Å². The van der Waals surface area contributed by atoms with E-state index in [1.165, 1.54) is 11.8 Å². The monoisotopic (exact) mass is 478 g/mol. The van der Waals surface area contributed by atoms with Crippen molar-refractivity contribution in [1.82, 2.24) is 24.3 Å². The van der Waals surface area contributed by atoms with Crippen molar-refractivity contribution < 1.29 is 9.59 Å². The van der Waals surface area contributed by atoms with Gasteiger partial charge in [-0.1, -0.05) is 41.6 Å². The number of thioether (sulfide) groups is 1. The van der Waals surface area contributed by atoms with Crippen LogP contribution >= 0.6 is 23.4 Å². The number of nitrogens with zero attached hydrogens (tertiary/aromatic N) is 5. The van der Waals surface area contributed by atoms with Gasteiger partial charge in [0, 0.05) is 17.8 Å². The third-order valence-corrected chi connectivity index (χ3v) is 6.67. The summed E-state index contributed by atoms with van der Waals surface area (Å²) >= 11 is 7.60. The molecule has 0 spiro atoms. The van der Waals surface area contributed by atoms with E-state index in [4.69, 9.17) is 11.6 Å². The zero-order valence-electron chi connectivity index (χ0n) is 17.5. The number of imidazole rings is 1. The normalized spacial score (nSPS) is 12.7. The molecule has 0 aliphatic carbocycles. The Labute approximate surface area is 198 Å². The molecule has 0 unspecified atom stereocenters. The third-order valence-electron chi connectivity index (χ3n) is 5.40. The predicted octanol–water partition coefficient (Wildman–Crippen LogP) is 3.99. The summed E-state index contributed by atoms with van der Waals surface area (Å²) in [4.78, 5) is 28.9. The van der Waals surface area contributed by atoms with E-state index < -0.39 is 0 Å². The lowest BCUT2D eigenvalue weighted by atomic mass is 10.1. The zero-order chi connectivity index (χ0) is 22.9. The number of rotatable bonds is 8. The fourth-order valence-corrected chi connectivity index (χ4v) is 4.93. The van der Waals surface area contributed by atoms with E-state index in [1.54, 1.807) is 24.5 Å². The van der Waals surface area contributed by atoms with Crippen LogP contribution in [0.25, 0.3) is 11.0 Å². The third kappa shape index (κ3) is 4.17. The van der Waals surface area contributed by atoms with Crippen molar-refractivity contribution in [2.24, 2.45) is 0 Å². The first-order valence-corrected chi connectivity index (χ1v) is 11.6. The van der Waals surface area contributed by atoms with Crippen molar-refractivity contribution in [2.75, 3.05) is 11.1 Å². The highest BCUT2D eigenvalue weighted by Crippen LogP contribution is 2.31. The molecule has 33 heavy (non-hydrogen) atoms. The van der Waals surface area contributed by atoms with E-state index in [-0.39, 0.29) is 23.9 Å². The quantitative estimate of drug-likeness (QED) is 0.234. The van der Waals surface area contributed by atoms with Crippen molar-refractivity contribution in [3.05, 3.63) is 77.4 Å². The second-order valence-corrected chi connectivity index (χ2v) is 8.93. The molecule has 1 amide bonds. The smallest absolute Gasteiger partial charge is 0.228 e. The Balaban J connectivity index is 1.35. The number of anilines is 1. The van der Waals surface area contributed by atoms with Crippen molar-refractivity contribution in [3.63, 3.8) is 0 Å². The first kappa shape index (κ1) is 21.4.